The molecule has 3 aromatic rings. The number of aromatic nitrogens is 4. The zero-order valence-electron chi connectivity index (χ0n) is 18.5. The Labute approximate surface area is 201 Å². The van der Waals surface area contributed by atoms with Gasteiger partial charge in [-0.15, -0.1) is 0 Å². The average Bonchev–Trinajstić information content (AvgIpc) is 2.82. The van der Waals surface area contributed by atoms with E-state index < -0.39 is 37.5 Å². The van der Waals surface area contributed by atoms with E-state index in [1.54, 1.807) is 31.4 Å². The van der Waals surface area contributed by atoms with Crippen LogP contribution in [-0.2, 0) is 39.5 Å². The highest BCUT2D eigenvalue weighted by atomic mass is 32.2. The molecule has 0 fully saturated rings. The van der Waals surface area contributed by atoms with Crippen molar-refractivity contribution < 1.29 is 34.9 Å². The molecule has 15 heteroatoms. The first-order valence-electron chi connectivity index (χ1n) is 9.94. The summed E-state index contributed by atoms with van der Waals surface area (Å²) in [6.07, 6.45) is 4.00. The molecule has 0 spiro atoms. The van der Waals surface area contributed by atoms with Crippen LogP contribution in [0.3, 0.4) is 0 Å². The average molecular weight is 532 g/mol. The molecular formula is C20H23F2N5O6S2. The van der Waals surface area contributed by atoms with Crippen molar-refractivity contribution in [2.75, 3.05) is 18.6 Å². The first-order valence-corrected chi connectivity index (χ1v) is 13.2. The van der Waals surface area contributed by atoms with Crippen molar-refractivity contribution in [3.05, 3.63) is 77.9 Å². The van der Waals surface area contributed by atoms with Crippen molar-refractivity contribution in [3.63, 3.8) is 0 Å². The van der Waals surface area contributed by atoms with Crippen LogP contribution in [0.1, 0.15) is 17.2 Å². The summed E-state index contributed by atoms with van der Waals surface area (Å²) < 4.78 is 85.2. The monoisotopic (exact) mass is 531 g/mol. The third-order valence-corrected chi connectivity index (χ3v) is 6.23. The second kappa shape index (κ2) is 13.1. The minimum Gasteiger partial charge on any atom is -0.497 e. The lowest BCUT2D eigenvalue weighted by atomic mass is 10.2. The molecule has 35 heavy (non-hydrogen) atoms. The fraction of sp³-hybridized carbons (Fsp3) is 0.300. The van der Waals surface area contributed by atoms with Crippen molar-refractivity contribution in [2.45, 2.75) is 19.4 Å². The van der Waals surface area contributed by atoms with E-state index >= 15 is 0 Å². The van der Waals surface area contributed by atoms with E-state index in [-0.39, 0.29) is 36.8 Å². The second-order valence-electron chi connectivity index (χ2n) is 6.91. The van der Waals surface area contributed by atoms with Crippen LogP contribution in [0.15, 0.2) is 49.1 Å². The molecule has 0 unspecified atom stereocenters. The van der Waals surface area contributed by atoms with Crippen LogP contribution in [0.2, 0.25) is 0 Å². The van der Waals surface area contributed by atoms with Gasteiger partial charge in [-0.1, -0.05) is 12.1 Å². The van der Waals surface area contributed by atoms with Crippen LogP contribution in [0.5, 0.6) is 5.75 Å². The number of benzene rings is 1. The number of halogens is 2. The minimum atomic E-state index is -4.01. The van der Waals surface area contributed by atoms with Gasteiger partial charge in [0.1, 0.15) is 17.4 Å². The predicted octanol–water partition coefficient (Wildman–Crippen LogP) is 1.33. The summed E-state index contributed by atoms with van der Waals surface area (Å²) >= 11 is 0. The quantitative estimate of drug-likeness (QED) is 0.365. The van der Waals surface area contributed by atoms with Crippen molar-refractivity contribution in [1.82, 2.24) is 24.7 Å². The van der Waals surface area contributed by atoms with Gasteiger partial charge in [-0.05, 0) is 17.7 Å². The zero-order valence-corrected chi connectivity index (χ0v) is 20.1. The van der Waals surface area contributed by atoms with E-state index in [0.717, 1.165) is 30.4 Å². The molecule has 2 N–H and O–H groups in total. The molecule has 0 atom stereocenters. The minimum absolute atomic E-state index is 0.0287. The highest BCUT2D eigenvalue weighted by Gasteiger charge is 2.11. The van der Waals surface area contributed by atoms with Gasteiger partial charge in [-0.3, -0.25) is 4.55 Å². The van der Waals surface area contributed by atoms with Crippen molar-refractivity contribution in [3.8, 4) is 5.75 Å². The van der Waals surface area contributed by atoms with E-state index in [0.29, 0.717) is 5.75 Å². The molecule has 0 saturated carbocycles. The van der Waals surface area contributed by atoms with Crippen LogP contribution >= 0.6 is 0 Å². The number of rotatable bonds is 10. The molecule has 0 amide bonds. The number of sulfonamides is 1. The number of hydrogen-bond acceptors (Lipinski definition) is 9. The Morgan fingerprint density at radius 2 is 1.29 bits per heavy atom. The third-order valence-electron chi connectivity index (χ3n) is 4.18. The lowest BCUT2D eigenvalue weighted by molar-refractivity contribution is 0.414. The Morgan fingerprint density at radius 1 is 0.829 bits per heavy atom. The maximum Gasteiger partial charge on any atom is 0.265 e. The van der Waals surface area contributed by atoms with Gasteiger partial charge in [0.2, 0.25) is 10.0 Å². The summed E-state index contributed by atoms with van der Waals surface area (Å²) in [4.78, 5) is 14.5. The maximum atomic E-state index is 12.7. The Balaban J connectivity index is 0.000000283. The molecule has 0 bridgehead atoms. The molecule has 190 valence electrons. The molecule has 0 aliphatic heterocycles. The first-order chi connectivity index (χ1) is 16.5. The summed E-state index contributed by atoms with van der Waals surface area (Å²) in [5.74, 6) is -0.580. The van der Waals surface area contributed by atoms with Gasteiger partial charge in [0.25, 0.3) is 10.1 Å². The Morgan fingerprint density at radius 3 is 1.71 bits per heavy atom. The van der Waals surface area contributed by atoms with Crippen LogP contribution in [0, 0.1) is 11.6 Å². The van der Waals surface area contributed by atoms with Gasteiger partial charge >= 0.3 is 0 Å². The molecule has 0 saturated heterocycles. The first kappa shape index (κ1) is 28.1. The van der Waals surface area contributed by atoms with E-state index in [2.05, 4.69) is 24.7 Å². The van der Waals surface area contributed by atoms with Crippen molar-refractivity contribution >= 4 is 20.1 Å². The van der Waals surface area contributed by atoms with E-state index in [4.69, 9.17) is 9.29 Å². The molecule has 3 rings (SSSR count). The van der Waals surface area contributed by atoms with Gasteiger partial charge in [-0.25, -0.2) is 41.9 Å². The summed E-state index contributed by atoms with van der Waals surface area (Å²) in [6.45, 7) is 0.191. The summed E-state index contributed by atoms with van der Waals surface area (Å²) in [7, 11) is -5.90. The molecule has 2 heterocycles. The zero-order chi connectivity index (χ0) is 25.9. The molecule has 11 nitrogen and oxygen atoms in total. The van der Waals surface area contributed by atoms with Crippen LogP contribution in [-0.4, -0.2) is 59.9 Å². The van der Waals surface area contributed by atoms with Gasteiger partial charge in [0, 0.05) is 19.4 Å². The predicted molar refractivity (Wildman–Crippen MR) is 121 cm³/mol. The Bertz CT molecular complexity index is 1280. The lowest BCUT2D eigenvalue weighted by Gasteiger charge is -2.07. The summed E-state index contributed by atoms with van der Waals surface area (Å²) in [5.41, 5.74) is 0.822. The number of aryl methyl sites for hydroxylation is 2. The van der Waals surface area contributed by atoms with Gasteiger partial charge in [0.05, 0.1) is 43.4 Å². The molecule has 0 radical (unpaired) electrons. The van der Waals surface area contributed by atoms with Crippen molar-refractivity contribution in [1.29, 1.82) is 0 Å². The van der Waals surface area contributed by atoms with Gasteiger partial charge in [0.15, 0.2) is 11.6 Å². The topological polar surface area (TPSA) is 161 Å². The van der Waals surface area contributed by atoms with E-state index in [1.807, 2.05) is 0 Å². The van der Waals surface area contributed by atoms with Crippen LogP contribution in [0.25, 0.3) is 0 Å². The third kappa shape index (κ3) is 11.7. The molecule has 0 aliphatic carbocycles. The highest BCUT2D eigenvalue weighted by Crippen LogP contribution is 2.11. The number of nitrogens with zero attached hydrogens (tertiary/aromatic N) is 4. The maximum absolute atomic E-state index is 12.7. The molecule has 2 aromatic heterocycles. The van der Waals surface area contributed by atoms with Crippen LogP contribution < -0.4 is 9.46 Å². The fourth-order valence-electron chi connectivity index (χ4n) is 2.39. The molecule has 0 aliphatic rings. The SMILES string of the molecule is COc1ccc(CNS(=O)(=O)CCc2ncc(F)cn2)cc1.O=S(=O)(O)CCc1ncc(F)cn1. The van der Waals surface area contributed by atoms with Crippen LogP contribution in [0.4, 0.5) is 8.78 Å². The van der Waals surface area contributed by atoms with Gasteiger partial charge < -0.3 is 4.74 Å². The second-order valence-corrected chi connectivity index (χ2v) is 10.4. The number of hydrogen-bond donors (Lipinski definition) is 2. The lowest BCUT2D eigenvalue weighted by Crippen LogP contribution is -2.27. The number of methoxy groups -OCH3 is 1. The normalized spacial score (nSPS) is 11.4. The van der Waals surface area contributed by atoms with E-state index in [1.165, 1.54) is 0 Å². The van der Waals surface area contributed by atoms with Crippen molar-refractivity contribution in [2.24, 2.45) is 0 Å². The fourth-order valence-corrected chi connectivity index (χ4v) is 3.81. The standard InChI is InChI=1S/C14H16FN3O3S.C6H7FN2O3S/c1-21-13-4-2-11(3-5-13)8-18-22(19,20)7-6-14-16-9-12(15)10-17-14;7-5-3-8-6(9-4-5)1-2-13(10,11)12/h2-5,9-10,18H,6-8H2,1H3;3-4H,1-2H2,(H,10,11,12). The van der Waals surface area contributed by atoms with E-state index in [9.17, 15) is 25.6 Å². The summed E-state index contributed by atoms with van der Waals surface area (Å²) in [6, 6.07) is 7.08. The smallest absolute Gasteiger partial charge is 0.265 e. The highest BCUT2D eigenvalue weighted by molar-refractivity contribution is 7.89. The Hall–Kier alpha value is -3.14. The Kier molecular flexibility index (Phi) is 10.5. The molecule has 1 aromatic carbocycles. The number of ether oxygens (including phenoxy) is 1. The van der Waals surface area contributed by atoms with Gasteiger partial charge in [-0.2, -0.15) is 8.42 Å². The summed E-state index contributed by atoms with van der Waals surface area (Å²) in [5, 5.41) is 0. The largest absolute Gasteiger partial charge is 0.497 e. The molecular weight excluding hydrogens is 508 g/mol. The number of nitrogens with one attached hydrogen (secondary N) is 1.